The summed E-state index contributed by atoms with van der Waals surface area (Å²) < 4.78 is 38.0. The Kier molecular flexibility index (Phi) is 8.65. The van der Waals surface area contributed by atoms with Gasteiger partial charge in [-0.3, -0.25) is 9.78 Å². The molecule has 6 rings (SSSR count). The molecule has 0 radical (unpaired) electrons. The summed E-state index contributed by atoms with van der Waals surface area (Å²) in [4.78, 5) is 29.8. The quantitative estimate of drug-likeness (QED) is 0.243. The molecule has 4 aromatic rings. The molecule has 2 saturated heterocycles. The van der Waals surface area contributed by atoms with E-state index in [1.54, 1.807) is 18.2 Å². The zero-order chi connectivity index (χ0) is 31.5. The van der Waals surface area contributed by atoms with Crippen LogP contribution in [-0.4, -0.2) is 82.6 Å². The maximum atomic E-state index is 16.5. The first-order valence-electron chi connectivity index (χ1n) is 14.8. The van der Waals surface area contributed by atoms with Crippen molar-refractivity contribution in [3.63, 3.8) is 0 Å². The van der Waals surface area contributed by atoms with E-state index in [1.807, 2.05) is 25.2 Å². The van der Waals surface area contributed by atoms with Crippen molar-refractivity contribution in [2.75, 3.05) is 39.8 Å². The third-order valence-electron chi connectivity index (χ3n) is 8.43. The monoisotopic (exact) mass is 607 g/mol. The van der Waals surface area contributed by atoms with Gasteiger partial charge in [0.05, 0.1) is 18.2 Å². The number of likely N-dealkylation sites (N-methyl/N-ethyl adjacent to an activating group) is 1. The normalized spacial score (nSPS) is 19.0. The van der Waals surface area contributed by atoms with Crippen molar-refractivity contribution >= 4 is 33.7 Å². The summed E-state index contributed by atoms with van der Waals surface area (Å²) in [6.45, 7) is 2.10. The average Bonchev–Trinajstić information content (AvgIpc) is 3.47. The number of nitriles is 1. The predicted octanol–water partition coefficient (Wildman–Crippen LogP) is 4.46. The van der Waals surface area contributed by atoms with Crippen LogP contribution >= 0.6 is 0 Å². The number of terminal acetylenes is 1. The van der Waals surface area contributed by atoms with Gasteiger partial charge in [0.2, 0.25) is 0 Å². The Morgan fingerprint density at radius 1 is 1.24 bits per heavy atom. The summed E-state index contributed by atoms with van der Waals surface area (Å²) in [5.74, 6) is -0.00537. The van der Waals surface area contributed by atoms with E-state index < -0.39 is 17.6 Å². The second kappa shape index (κ2) is 12.9. The van der Waals surface area contributed by atoms with E-state index in [4.69, 9.17) is 16.4 Å². The van der Waals surface area contributed by atoms with E-state index in [1.165, 1.54) is 11.1 Å². The van der Waals surface area contributed by atoms with E-state index in [0.717, 1.165) is 30.8 Å². The molecule has 0 spiro atoms. The van der Waals surface area contributed by atoms with Gasteiger partial charge in [0.1, 0.15) is 17.8 Å². The van der Waals surface area contributed by atoms with Crippen LogP contribution in [0.5, 0.6) is 6.01 Å². The van der Waals surface area contributed by atoms with Crippen LogP contribution < -0.4 is 10.1 Å². The van der Waals surface area contributed by atoms with E-state index in [0.29, 0.717) is 23.1 Å². The number of hydrogen-bond donors (Lipinski definition) is 1. The Hall–Kier alpha value is -4.97. The molecule has 2 fully saturated rings. The SMILES string of the molecule is C#Cc1cccc2cccc(-c3ncc4c(C=C(F)C(=O)N5CCN[C@@H](CC#N)C5)nc(OC[C@@H]5CCCN5C)nc4c3F)c12. The van der Waals surface area contributed by atoms with Crippen molar-refractivity contribution in [1.29, 1.82) is 5.26 Å². The van der Waals surface area contributed by atoms with E-state index >= 15 is 8.78 Å². The van der Waals surface area contributed by atoms with Gasteiger partial charge in [0, 0.05) is 65.9 Å². The van der Waals surface area contributed by atoms with Gasteiger partial charge in [0.25, 0.3) is 5.91 Å². The molecule has 45 heavy (non-hydrogen) atoms. The fourth-order valence-electron chi connectivity index (χ4n) is 6.03. The average molecular weight is 608 g/mol. The lowest BCUT2D eigenvalue weighted by Gasteiger charge is -2.32. The lowest BCUT2D eigenvalue weighted by atomic mass is 9.96. The number of carbonyl (C=O) groups excluding carboxylic acids is 1. The van der Waals surface area contributed by atoms with Crippen LogP contribution in [0.2, 0.25) is 0 Å². The number of ether oxygens (including phenoxy) is 1. The van der Waals surface area contributed by atoms with Crippen molar-refractivity contribution in [1.82, 2.24) is 30.1 Å². The van der Waals surface area contributed by atoms with Crippen LogP contribution in [0.3, 0.4) is 0 Å². The molecule has 11 heteroatoms. The molecule has 4 heterocycles. The fraction of sp³-hybridized carbons (Fsp3) is 0.324. The molecule has 2 aliphatic heterocycles. The first-order chi connectivity index (χ1) is 21.9. The van der Waals surface area contributed by atoms with Crippen molar-refractivity contribution in [2.24, 2.45) is 0 Å². The van der Waals surface area contributed by atoms with Crippen molar-refractivity contribution in [3.05, 3.63) is 65.5 Å². The maximum Gasteiger partial charge on any atom is 0.317 e. The Bertz CT molecular complexity index is 1890. The number of hydrogen-bond acceptors (Lipinski definition) is 8. The number of benzene rings is 2. The third kappa shape index (κ3) is 6.05. The number of halogens is 2. The van der Waals surface area contributed by atoms with Crippen molar-refractivity contribution < 1.29 is 18.3 Å². The lowest BCUT2D eigenvalue weighted by Crippen LogP contribution is -2.52. The number of fused-ring (bicyclic) bond motifs is 2. The molecule has 9 nitrogen and oxygen atoms in total. The molecule has 0 saturated carbocycles. The van der Waals surface area contributed by atoms with E-state index in [2.05, 4.69) is 37.2 Å². The van der Waals surface area contributed by atoms with Gasteiger partial charge in [0.15, 0.2) is 11.6 Å². The van der Waals surface area contributed by atoms with Crippen molar-refractivity contribution in [2.45, 2.75) is 31.3 Å². The maximum absolute atomic E-state index is 16.5. The lowest BCUT2D eigenvalue weighted by molar-refractivity contribution is -0.129. The van der Waals surface area contributed by atoms with Crippen LogP contribution in [0.4, 0.5) is 8.78 Å². The van der Waals surface area contributed by atoms with E-state index in [9.17, 15) is 4.79 Å². The van der Waals surface area contributed by atoms with Gasteiger partial charge >= 0.3 is 6.01 Å². The number of aromatic nitrogens is 3. The number of carbonyl (C=O) groups is 1. The standard InChI is InChI=1S/C34H31F2N7O2/c1-3-21-7-4-8-22-9-5-11-25(29(21)22)31-30(36)32-26(18-39-31)28(40-34(41-32)45-20-24-10-6-15-42(24)2)17-27(35)33(44)43-16-14-38-23(19-43)12-13-37/h1,4-5,7-9,11,17-18,23-24,38H,6,10,12,14-16,19-20H2,2H3/t23-,24-/m0/s1. The van der Waals surface area contributed by atoms with Crippen LogP contribution in [0.1, 0.15) is 30.5 Å². The molecule has 0 unspecified atom stereocenters. The van der Waals surface area contributed by atoms with Gasteiger partial charge in [-0.05, 0) is 37.9 Å². The first-order valence-corrected chi connectivity index (χ1v) is 14.8. The van der Waals surface area contributed by atoms with Crippen LogP contribution in [0.15, 0.2) is 48.4 Å². The van der Waals surface area contributed by atoms with Crippen LogP contribution in [0.25, 0.3) is 39.0 Å². The summed E-state index contributed by atoms with van der Waals surface area (Å²) in [7, 11) is 2.00. The molecule has 2 atom stereocenters. The summed E-state index contributed by atoms with van der Waals surface area (Å²) in [5.41, 5.74) is 0.933. The minimum atomic E-state index is -1.08. The predicted molar refractivity (Wildman–Crippen MR) is 167 cm³/mol. The Labute approximate surface area is 259 Å². The molecule has 2 aromatic carbocycles. The highest BCUT2D eigenvalue weighted by Crippen LogP contribution is 2.35. The number of nitrogens with one attached hydrogen (secondary N) is 1. The molecule has 228 valence electrons. The molecule has 0 aliphatic carbocycles. The molecule has 0 bridgehead atoms. The summed E-state index contributed by atoms with van der Waals surface area (Å²) in [5, 5.41) is 13.8. The van der Waals surface area contributed by atoms with Gasteiger partial charge in [-0.1, -0.05) is 36.3 Å². The summed E-state index contributed by atoms with van der Waals surface area (Å²) in [6, 6.07) is 12.7. The second-order valence-electron chi connectivity index (χ2n) is 11.3. The van der Waals surface area contributed by atoms with Gasteiger partial charge in [-0.25, -0.2) is 8.78 Å². The summed E-state index contributed by atoms with van der Waals surface area (Å²) in [6.07, 6.45) is 10.3. The zero-order valence-electron chi connectivity index (χ0n) is 24.8. The molecular weight excluding hydrogens is 576 g/mol. The largest absolute Gasteiger partial charge is 0.462 e. The van der Waals surface area contributed by atoms with Crippen LogP contribution in [0, 0.1) is 29.5 Å². The van der Waals surface area contributed by atoms with Crippen LogP contribution in [-0.2, 0) is 4.79 Å². The first kappa shape index (κ1) is 30.1. The molecular formula is C34H31F2N7O2. The number of piperazine rings is 1. The number of likely N-dealkylation sites (tertiary alicyclic amines) is 1. The van der Waals surface area contributed by atoms with E-state index in [-0.39, 0.29) is 66.5 Å². The molecule has 2 aliphatic rings. The van der Waals surface area contributed by atoms with Gasteiger partial charge < -0.3 is 19.9 Å². The number of rotatable bonds is 7. The Morgan fingerprint density at radius 3 is 2.82 bits per heavy atom. The molecule has 2 aromatic heterocycles. The number of nitrogens with zero attached hydrogens (tertiary/aromatic N) is 6. The van der Waals surface area contributed by atoms with Gasteiger partial charge in [-0.2, -0.15) is 15.2 Å². The minimum absolute atomic E-state index is 0.0202. The molecule has 1 N–H and O–H groups in total. The zero-order valence-corrected chi connectivity index (χ0v) is 24.8. The third-order valence-corrected chi connectivity index (χ3v) is 8.43. The van der Waals surface area contributed by atoms with Crippen molar-refractivity contribution in [3.8, 4) is 35.7 Å². The fourth-order valence-corrected chi connectivity index (χ4v) is 6.03. The smallest absolute Gasteiger partial charge is 0.317 e. The number of amides is 1. The minimum Gasteiger partial charge on any atom is -0.462 e. The van der Waals surface area contributed by atoms with Gasteiger partial charge in [-0.15, -0.1) is 6.42 Å². The molecule has 1 amide bonds. The highest BCUT2D eigenvalue weighted by atomic mass is 19.1. The highest BCUT2D eigenvalue weighted by Gasteiger charge is 2.27. The summed E-state index contributed by atoms with van der Waals surface area (Å²) >= 11 is 0. The second-order valence-corrected chi connectivity index (χ2v) is 11.3. The topological polar surface area (TPSA) is 107 Å². The Morgan fingerprint density at radius 2 is 2.07 bits per heavy atom. The Balaban J connectivity index is 1.44. The number of pyridine rings is 1. The highest BCUT2D eigenvalue weighted by molar-refractivity contribution is 6.02.